The van der Waals surface area contributed by atoms with Gasteiger partial charge in [-0.2, -0.15) is 0 Å². The summed E-state index contributed by atoms with van der Waals surface area (Å²) in [6.07, 6.45) is 0. The van der Waals surface area contributed by atoms with Crippen molar-refractivity contribution >= 4 is 57.4 Å². The summed E-state index contributed by atoms with van der Waals surface area (Å²) >= 11 is 0. The van der Waals surface area contributed by atoms with Crippen LogP contribution in [-0.4, -0.2) is 7.28 Å². The number of rotatable bonds is 5. The van der Waals surface area contributed by atoms with E-state index in [4.69, 9.17) is 9.47 Å². The quantitative estimate of drug-likeness (QED) is 0.178. The van der Waals surface area contributed by atoms with Crippen LogP contribution < -0.4 is 30.6 Å². The minimum absolute atomic E-state index is 0.0712. The third-order valence-electron chi connectivity index (χ3n) is 11.3. The van der Waals surface area contributed by atoms with Crippen LogP contribution in [0.1, 0.15) is 37.5 Å². The van der Waals surface area contributed by atoms with Crippen molar-refractivity contribution in [3.8, 4) is 45.3 Å². The minimum Gasteiger partial charge on any atom is -0.450 e. The molecule has 5 heteroatoms. The second kappa shape index (κ2) is 13.5. The summed E-state index contributed by atoms with van der Waals surface area (Å²) in [6.45, 7) is 11.2. The highest BCUT2D eigenvalue weighted by Gasteiger charge is 2.32. The van der Waals surface area contributed by atoms with Crippen LogP contribution >= 0.6 is 0 Å². The molecular weight excluding hydrogens is 695 g/mol. The molecule has 1 radical (unpaired) electrons. The molecule has 0 aliphatic carbocycles. The average Bonchev–Trinajstić information content (AvgIpc) is 3.22. The van der Waals surface area contributed by atoms with E-state index in [-0.39, 0.29) is 5.41 Å². The highest BCUT2D eigenvalue weighted by molar-refractivity contribution is 6.73. The third kappa shape index (κ3) is 6.20. The number of aryl methyl sites for hydroxylation is 2. The molecule has 275 valence electrons. The van der Waals surface area contributed by atoms with Crippen LogP contribution in [-0.2, 0) is 5.41 Å². The summed E-state index contributed by atoms with van der Waals surface area (Å²) in [5.74, 6) is 2.81. The fourth-order valence-electron chi connectivity index (χ4n) is 8.32. The van der Waals surface area contributed by atoms with E-state index in [1.807, 2.05) is 24.3 Å². The Hall–Kier alpha value is -6.72. The van der Waals surface area contributed by atoms with Crippen LogP contribution in [0, 0.1) is 13.8 Å². The SMILES string of the molecule is Cc1cc(-c2ccc3ccccc3c2Nc2ccc(C(C)(C)C)cc2)c2c(c1)N(c1ccc(-c3ccccc3)cc1C)c1cc3c(cc1[B]2)Oc1ccccc1O3. The molecule has 57 heavy (non-hydrogen) atoms. The molecule has 0 aromatic heterocycles. The molecule has 2 aliphatic heterocycles. The molecule has 0 spiro atoms. The standard InChI is InChI=1S/C52H42BN2O2/c1-32-27-41(40-25-19-35-15-9-10-16-39(35)51(40)54-38-23-21-37(22-24-38)52(3,4)5)50-45(28-32)55(43-26-20-36(29-33(43)2)34-13-7-6-8-14-34)44-31-49-48(30-42(44)53-50)56-46-17-11-12-18-47(46)57-49/h6-31,54H,1-5H3. The summed E-state index contributed by atoms with van der Waals surface area (Å²) in [5.41, 5.74) is 16.0. The van der Waals surface area contributed by atoms with Gasteiger partial charge in [0.15, 0.2) is 30.3 Å². The topological polar surface area (TPSA) is 33.7 Å². The summed E-state index contributed by atoms with van der Waals surface area (Å²) in [5, 5.41) is 6.25. The summed E-state index contributed by atoms with van der Waals surface area (Å²) in [4.78, 5) is 2.41. The van der Waals surface area contributed by atoms with E-state index in [1.165, 1.54) is 38.6 Å². The smallest absolute Gasteiger partial charge is 0.198 e. The molecule has 8 aromatic rings. The lowest BCUT2D eigenvalue weighted by atomic mass is 9.58. The van der Waals surface area contributed by atoms with E-state index in [2.05, 4.69) is 186 Å². The van der Waals surface area contributed by atoms with Gasteiger partial charge in [0, 0.05) is 39.8 Å². The molecule has 2 aliphatic rings. The Balaban J connectivity index is 1.17. The molecule has 2 heterocycles. The fourth-order valence-corrected chi connectivity index (χ4v) is 8.32. The van der Waals surface area contributed by atoms with Crippen molar-refractivity contribution in [3.63, 3.8) is 0 Å². The molecule has 1 N–H and O–H groups in total. The summed E-state index contributed by atoms with van der Waals surface area (Å²) in [7, 11) is 2.32. The maximum Gasteiger partial charge on any atom is 0.198 e. The van der Waals surface area contributed by atoms with Gasteiger partial charge < -0.3 is 19.7 Å². The Kier molecular flexibility index (Phi) is 8.23. The number of para-hydroxylation sites is 2. The van der Waals surface area contributed by atoms with Gasteiger partial charge in [-0.1, -0.05) is 129 Å². The van der Waals surface area contributed by atoms with Crippen LogP contribution in [0.15, 0.2) is 158 Å². The molecule has 0 bridgehead atoms. The van der Waals surface area contributed by atoms with Crippen molar-refractivity contribution in [2.45, 2.75) is 40.0 Å². The number of fused-ring (bicyclic) bond motifs is 5. The van der Waals surface area contributed by atoms with Crippen molar-refractivity contribution in [1.29, 1.82) is 0 Å². The Morgan fingerprint density at radius 3 is 1.98 bits per heavy atom. The van der Waals surface area contributed by atoms with Gasteiger partial charge in [0.05, 0.1) is 5.69 Å². The second-order valence-corrected chi connectivity index (χ2v) is 16.3. The fraction of sp³-hybridized carbons (Fsp3) is 0.115. The maximum atomic E-state index is 6.50. The minimum atomic E-state index is 0.0712. The zero-order valence-electron chi connectivity index (χ0n) is 32.9. The van der Waals surface area contributed by atoms with Gasteiger partial charge in [-0.3, -0.25) is 0 Å². The van der Waals surface area contributed by atoms with Gasteiger partial charge in [-0.15, -0.1) is 0 Å². The first-order valence-electron chi connectivity index (χ1n) is 19.7. The lowest BCUT2D eigenvalue weighted by Gasteiger charge is -2.37. The third-order valence-corrected chi connectivity index (χ3v) is 11.3. The Labute approximate surface area is 335 Å². The largest absolute Gasteiger partial charge is 0.450 e. The normalized spacial score (nSPS) is 12.7. The van der Waals surface area contributed by atoms with Crippen LogP contribution in [0.3, 0.4) is 0 Å². The van der Waals surface area contributed by atoms with Crippen LogP contribution in [0.5, 0.6) is 23.0 Å². The first kappa shape index (κ1) is 34.8. The lowest BCUT2D eigenvalue weighted by Crippen LogP contribution is -2.41. The molecule has 8 aromatic carbocycles. The van der Waals surface area contributed by atoms with Gasteiger partial charge in [-0.25, -0.2) is 0 Å². The highest BCUT2D eigenvalue weighted by atomic mass is 16.6. The van der Waals surface area contributed by atoms with Crippen molar-refractivity contribution in [3.05, 3.63) is 174 Å². The van der Waals surface area contributed by atoms with Crippen molar-refractivity contribution in [2.24, 2.45) is 0 Å². The average molecular weight is 738 g/mol. The van der Waals surface area contributed by atoms with E-state index in [0.29, 0.717) is 23.0 Å². The van der Waals surface area contributed by atoms with E-state index in [1.54, 1.807) is 0 Å². The van der Waals surface area contributed by atoms with Crippen LogP contribution in [0.2, 0.25) is 0 Å². The number of anilines is 5. The molecule has 10 rings (SSSR count). The molecule has 0 amide bonds. The molecule has 4 nitrogen and oxygen atoms in total. The van der Waals surface area contributed by atoms with Crippen LogP contribution in [0.25, 0.3) is 33.0 Å². The number of benzene rings is 8. The molecule has 0 saturated heterocycles. The molecule has 0 fully saturated rings. The Bertz CT molecular complexity index is 2860. The van der Waals surface area contributed by atoms with Crippen LogP contribution in [0.4, 0.5) is 28.4 Å². The zero-order valence-corrected chi connectivity index (χ0v) is 32.9. The predicted molar refractivity (Wildman–Crippen MR) is 239 cm³/mol. The van der Waals surface area contributed by atoms with Gasteiger partial charge >= 0.3 is 0 Å². The van der Waals surface area contributed by atoms with Crippen molar-refractivity contribution in [1.82, 2.24) is 0 Å². The summed E-state index contributed by atoms with van der Waals surface area (Å²) in [6, 6.07) is 56.2. The van der Waals surface area contributed by atoms with E-state index < -0.39 is 0 Å². The molecule has 0 atom stereocenters. The first-order chi connectivity index (χ1) is 27.7. The van der Waals surface area contributed by atoms with E-state index >= 15 is 0 Å². The van der Waals surface area contributed by atoms with Gasteiger partial charge in [0.2, 0.25) is 0 Å². The highest BCUT2D eigenvalue weighted by Crippen LogP contribution is 2.49. The summed E-state index contributed by atoms with van der Waals surface area (Å²) < 4.78 is 13.0. The van der Waals surface area contributed by atoms with Gasteiger partial charge in [-0.05, 0) is 112 Å². The molecule has 0 saturated carbocycles. The zero-order chi connectivity index (χ0) is 38.8. The van der Waals surface area contributed by atoms with Gasteiger partial charge in [0.1, 0.15) is 0 Å². The molecular formula is C52H42BN2O2. The monoisotopic (exact) mass is 737 g/mol. The van der Waals surface area contributed by atoms with Crippen molar-refractivity contribution in [2.75, 3.05) is 10.2 Å². The van der Waals surface area contributed by atoms with Gasteiger partial charge in [0.25, 0.3) is 0 Å². The number of ether oxygens (including phenoxy) is 2. The molecule has 0 unspecified atom stereocenters. The lowest BCUT2D eigenvalue weighted by molar-refractivity contribution is 0.360. The Morgan fingerprint density at radius 2 is 1.25 bits per heavy atom. The first-order valence-corrected chi connectivity index (χ1v) is 19.7. The number of hydrogen-bond donors (Lipinski definition) is 1. The Morgan fingerprint density at radius 1 is 0.544 bits per heavy atom. The number of nitrogens with zero attached hydrogens (tertiary/aromatic N) is 1. The maximum absolute atomic E-state index is 6.50. The van der Waals surface area contributed by atoms with E-state index in [9.17, 15) is 0 Å². The number of nitrogens with one attached hydrogen (secondary N) is 1. The second-order valence-electron chi connectivity index (χ2n) is 16.3. The number of hydrogen-bond acceptors (Lipinski definition) is 4. The van der Waals surface area contributed by atoms with E-state index in [0.717, 1.165) is 50.5 Å². The van der Waals surface area contributed by atoms with Crippen molar-refractivity contribution < 1.29 is 9.47 Å². The predicted octanol–water partition coefficient (Wildman–Crippen LogP) is 13.2.